The number of carbonyl (C=O) groups is 2. The highest BCUT2D eigenvalue weighted by Gasteiger charge is 2.13. The van der Waals surface area contributed by atoms with Crippen molar-refractivity contribution in [2.45, 2.75) is 33.6 Å². The summed E-state index contributed by atoms with van der Waals surface area (Å²) in [7, 11) is 0. The van der Waals surface area contributed by atoms with E-state index in [0.717, 1.165) is 5.56 Å². The quantitative estimate of drug-likeness (QED) is 0.822. The van der Waals surface area contributed by atoms with E-state index in [9.17, 15) is 9.59 Å². The smallest absolute Gasteiger partial charge is 0.357 e. The molecule has 1 heterocycles. The van der Waals surface area contributed by atoms with Crippen molar-refractivity contribution in [2.75, 3.05) is 11.9 Å². The molecule has 0 fully saturated rings. The lowest BCUT2D eigenvalue weighted by atomic mass is 10.0. The second-order valence-electron chi connectivity index (χ2n) is 5.24. The first kappa shape index (κ1) is 17.1. The van der Waals surface area contributed by atoms with Crippen LogP contribution in [0.2, 0.25) is 0 Å². The van der Waals surface area contributed by atoms with Gasteiger partial charge in [0.1, 0.15) is 0 Å². The minimum Gasteiger partial charge on any atom is -0.461 e. The van der Waals surface area contributed by atoms with Gasteiger partial charge in [-0.1, -0.05) is 23.8 Å². The number of nitrogens with one attached hydrogen (secondary N) is 1. The zero-order valence-corrected chi connectivity index (χ0v) is 14.3. The molecule has 0 saturated carbocycles. The molecule has 0 unspecified atom stereocenters. The number of benzene rings is 1. The Labute approximate surface area is 139 Å². The number of thiazole rings is 1. The van der Waals surface area contributed by atoms with Crippen LogP contribution in [0.3, 0.4) is 0 Å². The molecule has 1 aromatic carbocycles. The highest BCUT2D eigenvalue weighted by Crippen LogP contribution is 2.17. The van der Waals surface area contributed by atoms with E-state index >= 15 is 0 Å². The number of carbonyl (C=O) groups excluding carboxylic acids is 2. The minimum absolute atomic E-state index is 0.116. The first-order chi connectivity index (χ1) is 11.0. The molecule has 1 aromatic heterocycles. The number of esters is 1. The Balaban J connectivity index is 1.88. The molecule has 0 spiro atoms. The summed E-state index contributed by atoms with van der Waals surface area (Å²) in [5.74, 6) is -0.589. The molecule has 1 N–H and O–H groups in total. The molecule has 122 valence electrons. The fourth-order valence-corrected chi connectivity index (χ4v) is 2.88. The number of aromatic nitrogens is 1. The molecule has 0 atom stereocenters. The maximum atomic E-state index is 12.0. The van der Waals surface area contributed by atoms with Gasteiger partial charge in [0, 0.05) is 11.8 Å². The molecule has 1 amide bonds. The molecule has 0 bridgehead atoms. The number of rotatable bonds is 6. The fourth-order valence-electron chi connectivity index (χ4n) is 2.19. The molecule has 6 heteroatoms. The van der Waals surface area contributed by atoms with Crippen LogP contribution < -0.4 is 5.32 Å². The molecule has 0 aliphatic rings. The number of anilines is 1. The first-order valence-electron chi connectivity index (χ1n) is 7.48. The van der Waals surface area contributed by atoms with Crippen molar-refractivity contribution >= 4 is 28.3 Å². The number of ether oxygens (including phenoxy) is 1. The zero-order valence-electron chi connectivity index (χ0n) is 13.5. The number of amides is 1. The Bertz CT molecular complexity index is 710. The maximum Gasteiger partial charge on any atom is 0.357 e. The summed E-state index contributed by atoms with van der Waals surface area (Å²) in [6.45, 7) is 6.13. The fraction of sp³-hybridized carbons (Fsp3) is 0.353. The standard InChI is InChI=1S/C17H20N2O3S/c1-4-22-16(21)14-10-23-17(18-14)19-15(20)8-7-13-6-5-11(2)9-12(13)3/h5-6,9-10H,4,7-8H2,1-3H3,(H,18,19,20). The Morgan fingerprint density at radius 2 is 2.09 bits per heavy atom. The van der Waals surface area contributed by atoms with Gasteiger partial charge >= 0.3 is 5.97 Å². The van der Waals surface area contributed by atoms with Crippen molar-refractivity contribution in [3.8, 4) is 0 Å². The summed E-state index contributed by atoms with van der Waals surface area (Å²) in [5, 5.41) is 4.72. The second-order valence-corrected chi connectivity index (χ2v) is 6.09. The van der Waals surface area contributed by atoms with Gasteiger partial charge in [0.15, 0.2) is 10.8 Å². The Hall–Kier alpha value is -2.21. The van der Waals surface area contributed by atoms with E-state index in [-0.39, 0.29) is 11.6 Å². The SMILES string of the molecule is CCOC(=O)c1csc(NC(=O)CCc2ccc(C)cc2C)n1. The summed E-state index contributed by atoms with van der Waals surface area (Å²) in [4.78, 5) is 27.6. The average Bonchev–Trinajstić information content (AvgIpc) is 2.95. The minimum atomic E-state index is -0.473. The van der Waals surface area contributed by atoms with E-state index in [2.05, 4.69) is 22.4 Å². The van der Waals surface area contributed by atoms with Crippen LogP contribution in [0.15, 0.2) is 23.6 Å². The summed E-state index contributed by atoms with van der Waals surface area (Å²) in [6.07, 6.45) is 1.05. The third-order valence-corrected chi connectivity index (χ3v) is 4.11. The van der Waals surface area contributed by atoms with Gasteiger partial charge in [0.2, 0.25) is 5.91 Å². The van der Waals surface area contributed by atoms with Crippen molar-refractivity contribution in [3.05, 3.63) is 46.0 Å². The number of aryl methyl sites for hydroxylation is 3. The van der Waals surface area contributed by atoms with Crippen LogP contribution in [-0.4, -0.2) is 23.5 Å². The Kier molecular flexibility index (Phi) is 5.87. The first-order valence-corrected chi connectivity index (χ1v) is 8.36. The third kappa shape index (κ3) is 4.89. The van der Waals surface area contributed by atoms with E-state index in [1.54, 1.807) is 12.3 Å². The van der Waals surface area contributed by atoms with Gasteiger partial charge in [-0.2, -0.15) is 0 Å². The Morgan fingerprint density at radius 1 is 1.30 bits per heavy atom. The average molecular weight is 332 g/mol. The lowest BCUT2D eigenvalue weighted by molar-refractivity contribution is -0.116. The van der Waals surface area contributed by atoms with Crippen molar-refractivity contribution < 1.29 is 14.3 Å². The third-order valence-electron chi connectivity index (χ3n) is 3.35. The predicted molar refractivity (Wildman–Crippen MR) is 90.9 cm³/mol. The molecular weight excluding hydrogens is 312 g/mol. The van der Waals surface area contributed by atoms with Crippen LogP contribution in [0.1, 0.15) is 40.5 Å². The van der Waals surface area contributed by atoms with Crippen LogP contribution in [0.25, 0.3) is 0 Å². The van der Waals surface area contributed by atoms with Crippen LogP contribution >= 0.6 is 11.3 Å². The molecule has 0 radical (unpaired) electrons. The van der Waals surface area contributed by atoms with Gasteiger partial charge in [0.25, 0.3) is 0 Å². The highest BCUT2D eigenvalue weighted by atomic mass is 32.1. The monoisotopic (exact) mass is 332 g/mol. The largest absolute Gasteiger partial charge is 0.461 e. The molecule has 0 aliphatic heterocycles. The number of nitrogens with zero attached hydrogens (tertiary/aromatic N) is 1. The summed E-state index contributed by atoms with van der Waals surface area (Å²) in [6, 6.07) is 6.21. The second kappa shape index (κ2) is 7.87. The lowest BCUT2D eigenvalue weighted by Crippen LogP contribution is -2.13. The molecule has 5 nitrogen and oxygen atoms in total. The van der Waals surface area contributed by atoms with Gasteiger partial charge in [-0.15, -0.1) is 11.3 Å². The van der Waals surface area contributed by atoms with Gasteiger partial charge in [-0.3, -0.25) is 4.79 Å². The van der Waals surface area contributed by atoms with E-state index in [4.69, 9.17) is 4.74 Å². The van der Waals surface area contributed by atoms with Crippen molar-refractivity contribution in [1.82, 2.24) is 4.98 Å². The Morgan fingerprint density at radius 3 is 2.78 bits per heavy atom. The maximum absolute atomic E-state index is 12.0. The topological polar surface area (TPSA) is 68.3 Å². The molecule has 23 heavy (non-hydrogen) atoms. The van der Waals surface area contributed by atoms with Crippen LogP contribution in [0.5, 0.6) is 0 Å². The van der Waals surface area contributed by atoms with E-state index in [0.29, 0.717) is 24.6 Å². The molecular formula is C17H20N2O3S. The summed E-state index contributed by atoms with van der Waals surface area (Å²) in [5.41, 5.74) is 3.79. The number of hydrogen-bond acceptors (Lipinski definition) is 5. The van der Waals surface area contributed by atoms with Crippen molar-refractivity contribution in [1.29, 1.82) is 0 Å². The van der Waals surface area contributed by atoms with Crippen LogP contribution in [0.4, 0.5) is 5.13 Å². The summed E-state index contributed by atoms with van der Waals surface area (Å²) < 4.78 is 4.87. The molecule has 2 aromatic rings. The summed E-state index contributed by atoms with van der Waals surface area (Å²) >= 11 is 1.21. The van der Waals surface area contributed by atoms with Crippen LogP contribution in [-0.2, 0) is 16.0 Å². The molecule has 0 aliphatic carbocycles. The highest BCUT2D eigenvalue weighted by molar-refractivity contribution is 7.14. The molecule has 0 saturated heterocycles. The zero-order chi connectivity index (χ0) is 16.8. The van der Waals surface area contributed by atoms with Gasteiger partial charge < -0.3 is 10.1 Å². The lowest BCUT2D eigenvalue weighted by Gasteiger charge is -2.06. The molecule has 2 rings (SSSR count). The van der Waals surface area contributed by atoms with E-state index < -0.39 is 5.97 Å². The van der Waals surface area contributed by atoms with Gasteiger partial charge in [-0.25, -0.2) is 9.78 Å². The van der Waals surface area contributed by atoms with E-state index in [1.807, 2.05) is 19.9 Å². The van der Waals surface area contributed by atoms with Crippen LogP contribution in [0, 0.1) is 13.8 Å². The van der Waals surface area contributed by atoms with Gasteiger partial charge in [0.05, 0.1) is 6.61 Å². The number of hydrogen-bond donors (Lipinski definition) is 1. The van der Waals surface area contributed by atoms with Crippen molar-refractivity contribution in [2.24, 2.45) is 0 Å². The van der Waals surface area contributed by atoms with E-state index in [1.165, 1.54) is 22.5 Å². The predicted octanol–water partition coefficient (Wildman–Crippen LogP) is 3.51. The normalized spacial score (nSPS) is 10.4. The van der Waals surface area contributed by atoms with Gasteiger partial charge in [-0.05, 0) is 38.3 Å². The van der Waals surface area contributed by atoms with Crippen molar-refractivity contribution in [3.63, 3.8) is 0 Å².